The summed E-state index contributed by atoms with van der Waals surface area (Å²) in [7, 11) is 1.55. The molecular formula is C17H21Cl2N3O3. The molecule has 1 atom stereocenters. The van der Waals surface area contributed by atoms with E-state index in [0.717, 1.165) is 12.8 Å². The van der Waals surface area contributed by atoms with Crippen molar-refractivity contribution < 1.29 is 14.4 Å². The molecule has 0 saturated carbocycles. The van der Waals surface area contributed by atoms with Crippen LogP contribution in [0.4, 0.5) is 0 Å². The van der Waals surface area contributed by atoms with Crippen LogP contribution >= 0.6 is 23.2 Å². The van der Waals surface area contributed by atoms with Crippen molar-refractivity contribution in [3.63, 3.8) is 0 Å². The number of rotatable bonds is 5. The number of hydrogen-bond acceptors (Lipinski definition) is 3. The summed E-state index contributed by atoms with van der Waals surface area (Å²) < 4.78 is 0. The molecule has 25 heavy (non-hydrogen) atoms. The summed E-state index contributed by atoms with van der Waals surface area (Å²) in [6, 6.07) is 4.76. The Bertz CT molecular complexity index is 667. The lowest BCUT2D eigenvalue weighted by molar-refractivity contribution is -0.126. The highest BCUT2D eigenvalue weighted by Crippen LogP contribution is 2.25. The first kappa shape index (κ1) is 19.5. The van der Waals surface area contributed by atoms with Crippen LogP contribution < -0.4 is 10.6 Å². The Morgan fingerprint density at radius 3 is 2.68 bits per heavy atom. The third-order valence-corrected chi connectivity index (χ3v) is 4.92. The fourth-order valence-corrected chi connectivity index (χ4v) is 3.05. The van der Waals surface area contributed by atoms with Crippen molar-refractivity contribution in [3.8, 4) is 0 Å². The predicted molar refractivity (Wildman–Crippen MR) is 96.8 cm³/mol. The lowest BCUT2D eigenvalue weighted by atomic mass is 9.96. The molecule has 0 aromatic heterocycles. The van der Waals surface area contributed by atoms with Crippen molar-refractivity contribution in [1.82, 2.24) is 15.5 Å². The van der Waals surface area contributed by atoms with E-state index in [0.29, 0.717) is 28.7 Å². The normalized spacial score (nSPS) is 17.1. The number of nitrogens with zero attached hydrogens (tertiary/aromatic N) is 1. The molecule has 6 nitrogen and oxygen atoms in total. The number of benzene rings is 1. The SMILES string of the molecule is CNC(=O)CCNC(=O)C1CCCN(C(=O)c2ccc(Cl)c(Cl)c2)C1. The number of carbonyl (C=O) groups is 3. The maximum Gasteiger partial charge on any atom is 0.253 e. The molecule has 2 rings (SSSR count). The Kier molecular flexibility index (Phi) is 7.08. The van der Waals surface area contributed by atoms with Gasteiger partial charge in [-0.2, -0.15) is 0 Å². The third-order valence-electron chi connectivity index (χ3n) is 4.18. The van der Waals surface area contributed by atoms with E-state index in [1.165, 1.54) is 0 Å². The summed E-state index contributed by atoms with van der Waals surface area (Å²) in [6.07, 6.45) is 1.71. The first-order valence-corrected chi connectivity index (χ1v) is 8.90. The van der Waals surface area contributed by atoms with E-state index in [2.05, 4.69) is 10.6 Å². The molecule has 3 amide bonds. The van der Waals surface area contributed by atoms with Gasteiger partial charge in [-0.05, 0) is 31.0 Å². The Hall–Kier alpha value is -1.79. The second-order valence-electron chi connectivity index (χ2n) is 5.93. The average molecular weight is 386 g/mol. The minimum Gasteiger partial charge on any atom is -0.359 e. The van der Waals surface area contributed by atoms with E-state index in [-0.39, 0.29) is 36.6 Å². The number of nitrogens with one attached hydrogen (secondary N) is 2. The van der Waals surface area contributed by atoms with Gasteiger partial charge in [0.2, 0.25) is 11.8 Å². The highest BCUT2D eigenvalue weighted by atomic mass is 35.5. The quantitative estimate of drug-likeness (QED) is 0.814. The highest BCUT2D eigenvalue weighted by molar-refractivity contribution is 6.42. The second kappa shape index (κ2) is 9.06. The molecule has 136 valence electrons. The number of piperidine rings is 1. The molecule has 0 spiro atoms. The highest BCUT2D eigenvalue weighted by Gasteiger charge is 2.29. The van der Waals surface area contributed by atoms with Gasteiger partial charge in [-0.15, -0.1) is 0 Å². The van der Waals surface area contributed by atoms with Crippen molar-refractivity contribution in [2.75, 3.05) is 26.7 Å². The molecular weight excluding hydrogens is 365 g/mol. The first-order chi connectivity index (χ1) is 11.9. The Morgan fingerprint density at radius 2 is 2.00 bits per heavy atom. The average Bonchev–Trinajstić information content (AvgIpc) is 2.63. The van der Waals surface area contributed by atoms with Crippen LogP contribution in [0.15, 0.2) is 18.2 Å². The van der Waals surface area contributed by atoms with Crippen LogP contribution in [0, 0.1) is 5.92 Å². The minimum absolute atomic E-state index is 0.125. The van der Waals surface area contributed by atoms with Gasteiger partial charge in [0.1, 0.15) is 0 Å². The monoisotopic (exact) mass is 385 g/mol. The Morgan fingerprint density at radius 1 is 1.24 bits per heavy atom. The van der Waals surface area contributed by atoms with Gasteiger partial charge in [0.05, 0.1) is 16.0 Å². The number of halogens is 2. The first-order valence-electron chi connectivity index (χ1n) is 8.15. The lowest BCUT2D eigenvalue weighted by Gasteiger charge is -2.32. The van der Waals surface area contributed by atoms with E-state index < -0.39 is 0 Å². The fraction of sp³-hybridized carbons (Fsp3) is 0.471. The van der Waals surface area contributed by atoms with Crippen LogP contribution in [-0.2, 0) is 9.59 Å². The van der Waals surface area contributed by atoms with Gasteiger partial charge in [-0.25, -0.2) is 0 Å². The molecule has 1 heterocycles. The summed E-state index contributed by atoms with van der Waals surface area (Å²) in [4.78, 5) is 37.7. The number of hydrogen-bond donors (Lipinski definition) is 2. The molecule has 1 fully saturated rings. The largest absolute Gasteiger partial charge is 0.359 e. The van der Waals surface area contributed by atoms with Crippen molar-refractivity contribution in [1.29, 1.82) is 0 Å². The van der Waals surface area contributed by atoms with Crippen molar-refractivity contribution in [3.05, 3.63) is 33.8 Å². The smallest absolute Gasteiger partial charge is 0.253 e. The third kappa shape index (κ3) is 5.34. The van der Waals surface area contributed by atoms with E-state index in [9.17, 15) is 14.4 Å². The topological polar surface area (TPSA) is 78.5 Å². The van der Waals surface area contributed by atoms with Gasteiger partial charge >= 0.3 is 0 Å². The summed E-state index contributed by atoms with van der Waals surface area (Å²) in [6.45, 7) is 1.24. The number of likely N-dealkylation sites (tertiary alicyclic amines) is 1. The Balaban J connectivity index is 1.93. The molecule has 1 saturated heterocycles. The van der Waals surface area contributed by atoms with Crippen LogP contribution in [0.2, 0.25) is 10.0 Å². The second-order valence-corrected chi connectivity index (χ2v) is 6.75. The zero-order chi connectivity index (χ0) is 18.4. The molecule has 2 N–H and O–H groups in total. The van der Waals surface area contributed by atoms with Crippen molar-refractivity contribution in [2.24, 2.45) is 5.92 Å². The maximum atomic E-state index is 12.6. The van der Waals surface area contributed by atoms with E-state index in [4.69, 9.17) is 23.2 Å². The maximum absolute atomic E-state index is 12.6. The molecule has 1 aliphatic heterocycles. The van der Waals surface area contributed by atoms with Crippen molar-refractivity contribution >= 4 is 40.9 Å². The number of amides is 3. The van der Waals surface area contributed by atoms with E-state index in [1.807, 2.05) is 0 Å². The van der Waals surface area contributed by atoms with E-state index in [1.54, 1.807) is 30.1 Å². The van der Waals surface area contributed by atoms with E-state index >= 15 is 0 Å². The molecule has 0 radical (unpaired) electrons. The van der Waals surface area contributed by atoms with Gasteiger partial charge in [-0.3, -0.25) is 14.4 Å². The fourth-order valence-electron chi connectivity index (χ4n) is 2.76. The van der Waals surface area contributed by atoms with Crippen molar-refractivity contribution in [2.45, 2.75) is 19.3 Å². The van der Waals surface area contributed by atoms with Gasteiger partial charge in [0, 0.05) is 38.7 Å². The summed E-state index contributed by atoms with van der Waals surface area (Å²) in [5.74, 6) is -0.692. The van der Waals surface area contributed by atoms with Gasteiger partial charge in [0.25, 0.3) is 5.91 Å². The molecule has 1 aromatic carbocycles. The molecule has 0 bridgehead atoms. The van der Waals surface area contributed by atoms with Crippen LogP contribution in [0.25, 0.3) is 0 Å². The lowest BCUT2D eigenvalue weighted by Crippen LogP contribution is -2.45. The van der Waals surface area contributed by atoms with Crippen LogP contribution in [-0.4, -0.2) is 49.3 Å². The Labute approximate surface area is 156 Å². The van der Waals surface area contributed by atoms with Gasteiger partial charge in [-0.1, -0.05) is 23.2 Å². The zero-order valence-electron chi connectivity index (χ0n) is 14.0. The van der Waals surface area contributed by atoms with Gasteiger partial charge in [0.15, 0.2) is 0 Å². The standard InChI is InChI=1S/C17H21Cl2N3O3/c1-20-15(23)6-7-21-16(24)12-3-2-8-22(10-12)17(25)11-4-5-13(18)14(19)9-11/h4-5,9,12H,2-3,6-8,10H2,1H3,(H,20,23)(H,21,24). The molecule has 1 unspecified atom stereocenters. The zero-order valence-corrected chi connectivity index (χ0v) is 15.5. The van der Waals surface area contributed by atoms with Gasteiger partial charge < -0.3 is 15.5 Å². The van der Waals surface area contributed by atoms with Crippen LogP contribution in [0.1, 0.15) is 29.6 Å². The van der Waals surface area contributed by atoms with Crippen LogP contribution in [0.3, 0.4) is 0 Å². The molecule has 1 aromatic rings. The molecule has 8 heteroatoms. The summed E-state index contributed by atoms with van der Waals surface area (Å²) in [5.41, 5.74) is 0.454. The summed E-state index contributed by atoms with van der Waals surface area (Å²) >= 11 is 11.9. The molecule has 1 aliphatic rings. The minimum atomic E-state index is -0.273. The summed E-state index contributed by atoms with van der Waals surface area (Å²) in [5, 5.41) is 5.98. The number of carbonyl (C=O) groups excluding carboxylic acids is 3. The van der Waals surface area contributed by atoms with Crippen LogP contribution in [0.5, 0.6) is 0 Å². The predicted octanol–water partition coefficient (Wildman–Crippen LogP) is 2.10. The molecule has 0 aliphatic carbocycles.